The quantitative estimate of drug-likeness (QED) is 0.845. The van der Waals surface area contributed by atoms with E-state index < -0.39 is 0 Å². The number of nitrogens with one attached hydrogen (secondary N) is 1. The highest BCUT2D eigenvalue weighted by molar-refractivity contribution is 5.97. The average molecular weight is 255 g/mol. The van der Waals surface area contributed by atoms with Gasteiger partial charge in [-0.1, -0.05) is 0 Å². The molecular formula is C14H13N3O2. The number of aromatic nitrogens is 2. The average Bonchev–Trinajstić information content (AvgIpc) is 2.71. The van der Waals surface area contributed by atoms with Crippen LogP contribution < -0.4 is 5.56 Å². The van der Waals surface area contributed by atoms with Crippen molar-refractivity contribution in [2.75, 3.05) is 0 Å². The van der Waals surface area contributed by atoms with E-state index in [1.807, 2.05) is 19.9 Å². The van der Waals surface area contributed by atoms with Gasteiger partial charge < -0.3 is 9.55 Å². The van der Waals surface area contributed by atoms with E-state index in [1.165, 1.54) is 22.9 Å². The number of hydrogen-bond donors (Lipinski definition) is 1. The number of H-pyrrole nitrogens is 1. The lowest BCUT2D eigenvalue weighted by Gasteiger charge is -2.04. The fraction of sp³-hybridized carbons (Fsp3) is 0.214. The first kappa shape index (κ1) is 12.8. The van der Waals surface area contributed by atoms with Gasteiger partial charge in [0.25, 0.3) is 5.56 Å². The van der Waals surface area contributed by atoms with Crippen molar-refractivity contribution < 1.29 is 4.79 Å². The molecule has 2 rings (SSSR count). The van der Waals surface area contributed by atoms with Gasteiger partial charge in [0.15, 0.2) is 5.78 Å². The molecule has 0 spiro atoms. The molecule has 5 nitrogen and oxygen atoms in total. The summed E-state index contributed by atoms with van der Waals surface area (Å²) in [5, 5.41) is 8.80. The van der Waals surface area contributed by atoms with Crippen molar-refractivity contribution in [1.29, 1.82) is 5.26 Å². The van der Waals surface area contributed by atoms with Gasteiger partial charge in [-0.15, -0.1) is 0 Å². The summed E-state index contributed by atoms with van der Waals surface area (Å²) in [6, 6.07) is 6.44. The molecule has 0 bridgehead atoms. The Morgan fingerprint density at radius 2 is 2.16 bits per heavy atom. The van der Waals surface area contributed by atoms with Gasteiger partial charge in [-0.05, 0) is 26.0 Å². The number of aromatic amines is 1. The number of hydrogen-bond acceptors (Lipinski definition) is 3. The smallest absolute Gasteiger partial charge is 0.251 e. The molecule has 0 aliphatic heterocycles. The lowest BCUT2D eigenvalue weighted by Crippen LogP contribution is -2.23. The number of carbonyl (C=O) groups is 1. The third-order valence-electron chi connectivity index (χ3n) is 2.88. The van der Waals surface area contributed by atoms with E-state index in [1.54, 1.807) is 6.07 Å². The Balaban J connectivity index is 2.32. The number of ketones is 1. The van der Waals surface area contributed by atoms with Gasteiger partial charge in [0.05, 0.1) is 12.1 Å². The maximum atomic E-state index is 12.1. The molecule has 2 heterocycles. The largest absolute Gasteiger partial charge is 0.362 e. The third kappa shape index (κ3) is 2.63. The highest BCUT2D eigenvalue weighted by Crippen LogP contribution is 2.10. The topological polar surface area (TPSA) is 78.7 Å². The van der Waals surface area contributed by atoms with Gasteiger partial charge in [-0.2, -0.15) is 5.26 Å². The summed E-state index contributed by atoms with van der Waals surface area (Å²) >= 11 is 0. The number of pyridine rings is 1. The number of Topliss-reactive ketones (excluding diaryl/α,β-unsaturated/α-hetero) is 1. The van der Waals surface area contributed by atoms with Crippen LogP contribution in [0.1, 0.15) is 27.3 Å². The summed E-state index contributed by atoms with van der Waals surface area (Å²) < 4.78 is 1.25. The van der Waals surface area contributed by atoms with E-state index in [0.29, 0.717) is 11.1 Å². The first-order valence-electron chi connectivity index (χ1n) is 5.81. The van der Waals surface area contributed by atoms with Crippen LogP contribution in [0.4, 0.5) is 0 Å². The van der Waals surface area contributed by atoms with Crippen LogP contribution in [0.2, 0.25) is 0 Å². The van der Waals surface area contributed by atoms with E-state index >= 15 is 0 Å². The van der Waals surface area contributed by atoms with E-state index in [-0.39, 0.29) is 17.9 Å². The Bertz CT molecular complexity index is 732. The van der Waals surface area contributed by atoms with Crippen molar-refractivity contribution in [1.82, 2.24) is 9.55 Å². The highest BCUT2D eigenvalue weighted by Gasteiger charge is 2.12. The molecule has 2 aromatic rings. The van der Waals surface area contributed by atoms with Gasteiger partial charge in [-0.25, -0.2) is 0 Å². The van der Waals surface area contributed by atoms with Crippen LogP contribution in [0.15, 0.2) is 29.2 Å². The summed E-state index contributed by atoms with van der Waals surface area (Å²) in [6.07, 6.45) is 1.40. The number of nitriles is 1. The normalized spacial score (nSPS) is 10.2. The Morgan fingerprint density at radius 3 is 2.74 bits per heavy atom. The standard InChI is InChI=1S/C14H13N3O2/c1-9-5-12(10(2)16-9)13(18)8-17-7-11(6-15)3-4-14(17)19/h3-5,7,16H,8H2,1-2H3. The second-order valence-electron chi connectivity index (χ2n) is 4.41. The monoisotopic (exact) mass is 255 g/mol. The molecule has 19 heavy (non-hydrogen) atoms. The third-order valence-corrected chi connectivity index (χ3v) is 2.88. The van der Waals surface area contributed by atoms with Crippen LogP contribution >= 0.6 is 0 Å². The van der Waals surface area contributed by atoms with Crippen molar-refractivity contribution in [3.63, 3.8) is 0 Å². The molecular weight excluding hydrogens is 242 g/mol. The summed E-state index contributed by atoms with van der Waals surface area (Å²) in [5.74, 6) is -0.154. The zero-order chi connectivity index (χ0) is 14.0. The minimum absolute atomic E-state index is 0.0630. The zero-order valence-corrected chi connectivity index (χ0v) is 10.7. The Labute approximate surface area is 110 Å². The first-order valence-corrected chi connectivity index (χ1v) is 5.81. The lowest BCUT2D eigenvalue weighted by molar-refractivity contribution is 0.0970. The molecule has 96 valence electrons. The molecule has 0 fully saturated rings. The fourth-order valence-electron chi connectivity index (χ4n) is 1.97. The molecule has 0 atom stereocenters. The van der Waals surface area contributed by atoms with Crippen molar-refractivity contribution >= 4 is 5.78 Å². The number of carbonyl (C=O) groups excluding carboxylic acids is 1. The van der Waals surface area contributed by atoms with Crippen LogP contribution in [0.3, 0.4) is 0 Å². The van der Waals surface area contributed by atoms with Gasteiger partial charge >= 0.3 is 0 Å². The van der Waals surface area contributed by atoms with E-state index in [9.17, 15) is 9.59 Å². The molecule has 0 radical (unpaired) electrons. The first-order chi connectivity index (χ1) is 9.01. The molecule has 1 N–H and O–H groups in total. The maximum absolute atomic E-state index is 12.1. The Kier molecular flexibility index (Phi) is 3.34. The van der Waals surface area contributed by atoms with Crippen LogP contribution in [-0.2, 0) is 6.54 Å². The van der Waals surface area contributed by atoms with E-state index in [0.717, 1.165) is 11.4 Å². The van der Waals surface area contributed by atoms with Crippen molar-refractivity contribution in [2.24, 2.45) is 0 Å². The second kappa shape index (κ2) is 4.94. The van der Waals surface area contributed by atoms with Crippen LogP contribution in [0, 0.1) is 25.2 Å². The highest BCUT2D eigenvalue weighted by atomic mass is 16.1. The molecule has 0 amide bonds. The van der Waals surface area contributed by atoms with Crippen molar-refractivity contribution in [3.8, 4) is 6.07 Å². The fourth-order valence-corrected chi connectivity index (χ4v) is 1.97. The molecule has 0 aliphatic rings. The van der Waals surface area contributed by atoms with Crippen LogP contribution in [-0.4, -0.2) is 15.3 Å². The predicted molar refractivity (Wildman–Crippen MR) is 70.0 cm³/mol. The Morgan fingerprint density at radius 1 is 1.42 bits per heavy atom. The summed E-state index contributed by atoms with van der Waals surface area (Å²) in [6.45, 7) is 3.62. The zero-order valence-electron chi connectivity index (χ0n) is 10.7. The summed E-state index contributed by atoms with van der Waals surface area (Å²) in [5.41, 5.74) is 2.32. The van der Waals surface area contributed by atoms with Gasteiger partial charge in [-0.3, -0.25) is 9.59 Å². The summed E-state index contributed by atoms with van der Waals surface area (Å²) in [4.78, 5) is 26.8. The molecule has 0 saturated carbocycles. The molecule has 0 unspecified atom stereocenters. The molecule has 0 saturated heterocycles. The number of aryl methyl sites for hydroxylation is 2. The number of rotatable bonds is 3. The predicted octanol–water partition coefficient (Wildman–Crippen LogP) is 1.55. The summed E-state index contributed by atoms with van der Waals surface area (Å²) in [7, 11) is 0. The molecule has 2 aromatic heterocycles. The molecule has 0 aliphatic carbocycles. The van der Waals surface area contributed by atoms with Crippen LogP contribution in [0.5, 0.6) is 0 Å². The van der Waals surface area contributed by atoms with Crippen molar-refractivity contribution in [3.05, 3.63) is 57.3 Å². The maximum Gasteiger partial charge on any atom is 0.251 e. The second-order valence-corrected chi connectivity index (χ2v) is 4.41. The van der Waals surface area contributed by atoms with Crippen molar-refractivity contribution in [2.45, 2.75) is 20.4 Å². The minimum atomic E-state index is -0.294. The van der Waals surface area contributed by atoms with E-state index in [4.69, 9.17) is 5.26 Å². The van der Waals surface area contributed by atoms with Gasteiger partial charge in [0, 0.05) is 29.2 Å². The van der Waals surface area contributed by atoms with E-state index in [2.05, 4.69) is 4.98 Å². The molecule has 5 heteroatoms. The molecule has 0 aromatic carbocycles. The lowest BCUT2D eigenvalue weighted by atomic mass is 10.1. The Hall–Kier alpha value is -2.61. The van der Waals surface area contributed by atoms with Gasteiger partial charge in [0.2, 0.25) is 0 Å². The van der Waals surface area contributed by atoms with Gasteiger partial charge in [0.1, 0.15) is 6.07 Å². The van der Waals surface area contributed by atoms with Crippen LogP contribution in [0.25, 0.3) is 0 Å². The SMILES string of the molecule is Cc1cc(C(=O)Cn2cc(C#N)ccc2=O)c(C)[nH]1. The minimum Gasteiger partial charge on any atom is -0.362 e. The number of nitrogens with zero attached hydrogens (tertiary/aromatic N) is 2.